The lowest BCUT2D eigenvalue weighted by Gasteiger charge is -2.26. The molecule has 2 aromatic rings. The van der Waals surface area contributed by atoms with Crippen LogP contribution in [0.3, 0.4) is 0 Å². The second-order valence-electron chi connectivity index (χ2n) is 8.10. The van der Waals surface area contributed by atoms with Crippen molar-refractivity contribution in [2.24, 2.45) is 0 Å². The summed E-state index contributed by atoms with van der Waals surface area (Å²) in [6.07, 6.45) is 3.87. The van der Waals surface area contributed by atoms with Gasteiger partial charge in [-0.15, -0.1) is 0 Å². The van der Waals surface area contributed by atoms with Gasteiger partial charge in [-0.05, 0) is 36.4 Å². The van der Waals surface area contributed by atoms with Gasteiger partial charge in [0.05, 0.1) is 31.6 Å². The highest BCUT2D eigenvalue weighted by Crippen LogP contribution is 2.39. The van der Waals surface area contributed by atoms with E-state index in [-0.39, 0.29) is 11.3 Å². The highest BCUT2D eigenvalue weighted by Gasteiger charge is 2.47. The zero-order valence-corrected chi connectivity index (χ0v) is 18.5. The molecule has 4 rings (SSSR count). The first-order chi connectivity index (χ1) is 16.1. The highest BCUT2D eigenvalue weighted by atomic mass is 16.5. The molecule has 0 radical (unpaired) electrons. The number of likely N-dealkylation sites (tertiary alicyclic amines) is 1. The Balaban J connectivity index is 1.58. The average molecular weight is 454 g/mol. The number of benzene rings is 1. The number of nitrogens with zero attached hydrogens (tertiary/aromatic N) is 1. The van der Waals surface area contributed by atoms with Gasteiger partial charge >= 0.3 is 0 Å². The van der Waals surface area contributed by atoms with Crippen molar-refractivity contribution in [3.63, 3.8) is 0 Å². The zero-order valence-electron chi connectivity index (χ0n) is 18.5. The summed E-state index contributed by atoms with van der Waals surface area (Å²) in [5.74, 6) is -0.507. The number of amides is 1. The summed E-state index contributed by atoms with van der Waals surface area (Å²) in [5.41, 5.74) is 0.460. The van der Waals surface area contributed by atoms with Gasteiger partial charge in [0.15, 0.2) is 0 Å². The van der Waals surface area contributed by atoms with E-state index in [1.807, 2.05) is 0 Å². The number of ketones is 1. The molecule has 0 spiro atoms. The maximum Gasteiger partial charge on any atom is 0.295 e. The van der Waals surface area contributed by atoms with Crippen LogP contribution in [-0.2, 0) is 14.3 Å². The summed E-state index contributed by atoms with van der Waals surface area (Å²) in [7, 11) is 0. The Morgan fingerprint density at radius 3 is 2.64 bits per heavy atom. The molecule has 2 N–H and O–H groups in total. The zero-order chi connectivity index (χ0) is 23.2. The molecule has 2 fully saturated rings. The van der Waals surface area contributed by atoms with Crippen LogP contribution in [0.25, 0.3) is 5.76 Å². The molecule has 3 heterocycles. The number of quaternary nitrogens is 1. The van der Waals surface area contributed by atoms with Crippen molar-refractivity contribution in [1.29, 1.82) is 0 Å². The number of aliphatic hydroxyl groups is 1. The number of carbonyl (C=O) groups excluding carboxylic acids is 2. The van der Waals surface area contributed by atoms with Crippen molar-refractivity contribution in [2.45, 2.75) is 12.5 Å². The van der Waals surface area contributed by atoms with Crippen LogP contribution in [0.4, 0.5) is 0 Å². The summed E-state index contributed by atoms with van der Waals surface area (Å²) in [6.45, 7) is 8.60. The van der Waals surface area contributed by atoms with Gasteiger partial charge in [0.1, 0.15) is 43.0 Å². The molecule has 2 saturated heterocycles. The van der Waals surface area contributed by atoms with E-state index in [0.29, 0.717) is 30.2 Å². The number of nitrogens with one attached hydrogen (secondary N) is 1. The molecule has 2 aliphatic heterocycles. The van der Waals surface area contributed by atoms with E-state index in [0.717, 1.165) is 39.3 Å². The number of aliphatic hydroxyl groups excluding tert-OH is 1. The van der Waals surface area contributed by atoms with Gasteiger partial charge in [-0.1, -0.05) is 12.7 Å². The Morgan fingerprint density at radius 2 is 1.97 bits per heavy atom. The molecule has 0 saturated carbocycles. The molecule has 0 aliphatic carbocycles. The summed E-state index contributed by atoms with van der Waals surface area (Å²) < 4.78 is 16.5. The Labute approximate surface area is 192 Å². The predicted molar refractivity (Wildman–Crippen MR) is 121 cm³/mol. The average Bonchev–Trinajstić information content (AvgIpc) is 3.46. The quantitative estimate of drug-likeness (QED) is 0.259. The highest BCUT2D eigenvalue weighted by molar-refractivity contribution is 6.46. The van der Waals surface area contributed by atoms with Gasteiger partial charge in [-0.25, -0.2) is 0 Å². The second kappa shape index (κ2) is 10.5. The van der Waals surface area contributed by atoms with Crippen LogP contribution >= 0.6 is 0 Å². The Morgan fingerprint density at radius 1 is 1.21 bits per heavy atom. The van der Waals surface area contributed by atoms with E-state index >= 15 is 0 Å². The smallest absolute Gasteiger partial charge is 0.295 e. The first kappa shape index (κ1) is 22.8. The molecule has 1 aromatic heterocycles. The minimum Gasteiger partial charge on any atom is -0.507 e. The van der Waals surface area contributed by atoms with Crippen LogP contribution in [0.5, 0.6) is 5.75 Å². The molecule has 1 atom stereocenters. The van der Waals surface area contributed by atoms with Crippen molar-refractivity contribution in [3.05, 3.63) is 72.2 Å². The van der Waals surface area contributed by atoms with E-state index in [4.69, 9.17) is 13.9 Å². The first-order valence-electron chi connectivity index (χ1n) is 11.2. The summed E-state index contributed by atoms with van der Waals surface area (Å²) >= 11 is 0. The third-order valence-electron chi connectivity index (χ3n) is 5.98. The molecule has 8 nitrogen and oxygen atoms in total. The van der Waals surface area contributed by atoms with Crippen molar-refractivity contribution in [3.8, 4) is 5.75 Å². The predicted octanol–water partition coefficient (Wildman–Crippen LogP) is 1.57. The van der Waals surface area contributed by atoms with Crippen LogP contribution in [0.15, 0.2) is 65.3 Å². The Kier molecular flexibility index (Phi) is 7.26. The molecule has 0 unspecified atom stereocenters. The van der Waals surface area contributed by atoms with Gasteiger partial charge in [-0.3, -0.25) is 9.59 Å². The lowest BCUT2D eigenvalue weighted by Crippen LogP contribution is -3.14. The maximum absolute atomic E-state index is 13.0. The van der Waals surface area contributed by atoms with E-state index in [1.54, 1.807) is 42.5 Å². The molecule has 0 bridgehead atoms. The molecule has 2 aliphatic rings. The van der Waals surface area contributed by atoms with E-state index in [2.05, 4.69) is 6.58 Å². The van der Waals surface area contributed by atoms with Crippen LogP contribution in [0.1, 0.15) is 23.8 Å². The molecule has 8 heteroatoms. The minimum atomic E-state index is -0.767. The van der Waals surface area contributed by atoms with Crippen LogP contribution in [0, 0.1) is 0 Å². The van der Waals surface area contributed by atoms with E-state index in [9.17, 15) is 14.7 Å². The van der Waals surface area contributed by atoms with Crippen molar-refractivity contribution >= 4 is 17.4 Å². The van der Waals surface area contributed by atoms with Crippen molar-refractivity contribution in [1.82, 2.24) is 4.90 Å². The van der Waals surface area contributed by atoms with Gasteiger partial charge in [-0.2, -0.15) is 0 Å². The number of hydrogen-bond donors (Lipinski definition) is 2. The lowest BCUT2D eigenvalue weighted by atomic mass is 9.99. The lowest BCUT2D eigenvalue weighted by molar-refractivity contribution is -0.908. The monoisotopic (exact) mass is 453 g/mol. The summed E-state index contributed by atoms with van der Waals surface area (Å²) in [5, 5.41) is 11.1. The molecule has 1 amide bonds. The number of morpholine rings is 1. The third-order valence-corrected chi connectivity index (χ3v) is 5.98. The summed E-state index contributed by atoms with van der Waals surface area (Å²) in [6, 6.07) is 9.36. The van der Waals surface area contributed by atoms with Gasteiger partial charge in [0, 0.05) is 18.5 Å². The maximum atomic E-state index is 13.0. The van der Waals surface area contributed by atoms with Gasteiger partial charge < -0.3 is 28.8 Å². The van der Waals surface area contributed by atoms with Gasteiger partial charge in [0.2, 0.25) is 0 Å². The fraction of sp³-hybridized carbons (Fsp3) is 0.360. The molecular weight excluding hydrogens is 424 g/mol. The fourth-order valence-corrected chi connectivity index (χ4v) is 4.28. The van der Waals surface area contributed by atoms with Crippen molar-refractivity contribution in [2.75, 3.05) is 46.0 Å². The fourth-order valence-electron chi connectivity index (χ4n) is 4.28. The molecular formula is C25H29N2O6+. The van der Waals surface area contributed by atoms with Crippen molar-refractivity contribution < 1.29 is 33.5 Å². The van der Waals surface area contributed by atoms with Crippen LogP contribution in [-0.4, -0.2) is 67.7 Å². The number of carbonyl (C=O) groups is 2. The van der Waals surface area contributed by atoms with Crippen LogP contribution in [0.2, 0.25) is 0 Å². The van der Waals surface area contributed by atoms with E-state index < -0.39 is 17.7 Å². The number of rotatable bonds is 9. The third kappa shape index (κ3) is 5.02. The number of Topliss-reactive ketones (excluding diaryl/α,β-unsaturated/α-hetero) is 1. The SMILES string of the molecule is C=CCOc1ccc(C(O)=C2C(=O)C(=O)N(CCC[NH+]3CCOCC3)[C@@H]2c2ccco2)cc1. The molecule has 174 valence electrons. The number of hydrogen-bond acceptors (Lipinski definition) is 6. The standard InChI is InChI=1S/C25H28N2O6/c1-2-14-32-19-8-6-18(7-9-19)23(28)21-22(20-5-3-15-33-20)27(25(30)24(21)29)11-4-10-26-12-16-31-17-13-26/h2-3,5-9,15,22,28H,1,4,10-14,16-17H2/p+1/t22-/m1/s1. The normalized spacial score (nSPS) is 20.8. The summed E-state index contributed by atoms with van der Waals surface area (Å²) in [4.78, 5) is 28.9. The second-order valence-corrected chi connectivity index (χ2v) is 8.10. The Hall–Kier alpha value is -3.36. The van der Waals surface area contributed by atoms with E-state index in [1.165, 1.54) is 16.1 Å². The number of furan rings is 1. The van der Waals surface area contributed by atoms with Gasteiger partial charge in [0.25, 0.3) is 11.7 Å². The molecule has 1 aromatic carbocycles. The first-order valence-corrected chi connectivity index (χ1v) is 11.2. The molecule has 33 heavy (non-hydrogen) atoms. The minimum absolute atomic E-state index is 0.0356. The largest absolute Gasteiger partial charge is 0.507 e. The Bertz CT molecular complexity index is 1010. The van der Waals surface area contributed by atoms with Crippen LogP contribution < -0.4 is 9.64 Å². The topological polar surface area (TPSA) is 93.7 Å². The number of ether oxygens (including phenoxy) is 2.